The van der Waals surface area contributed by atoms with E-state index in [0.29, 0.717) is 23.5 Å². The third kappa shape index (κ3) is 3.66. The minimum absolute atomic E-state index is 0.185. The summed E-state index contributed by atoms with van der Waals surface area (Å²) in [5.74, 6) is 1.14. The minimum Gasteiger partial charge on any atom is -0.393 e. The van der Waals surface area contributed by atoms with Crippen LogP contribution < -0.4 is 9.80 Å². The van der Waals surface area contributed by atoms with Crippen LogP contribution in [0.1, 0.15) is 57.8 Å². The molecule has 1 amide bonds. The molecule has 0 radical (unpaired) electrons. The van der Waals surface area contributed by atoms with Gasteiger partial charge in [0.2, 0.25) is 5.91 Å². The molecule has 4 heterocycles. The number of likely N-dealkylation sites (tertiary alicyclic amines) is 1. The first-order valence-electron chi connectivity index (χ1n) is 11.7. The molecule has 0 unspecified atom stereocenters. The van der Waals surface area contributed by atoms with E-state index in [1.165, 1.54) is 12.8 Å². The Balaban J connectivity index is 1.30. The van der Waals surface area contributed by atoms with Crippen molar-refractivity contribution < 1.29 is 9.90 Å². The van der Waals surface area contributed by atoms with Crippen LogP contribution in [0.5, 0.6) is 0 Å². The van der Waals surface area contributed by atoms with Crippen molar-refractivity contribution >= 4 is 29.0 Å². The summed E-state index contributed by atoms with van der Waals surface area (Å²) in [5, 5.41) is 10.5. The Hall–Kier alpha value is -1.53. The first kappa shape index (κ1) is 20.4. The molecule has 7 heteroatoms. The molecule has 1 N–H and O–H groups in total. The number of carbonyl (C=O) groups is 1. The third-order valence-corrected chi connectivity index (χ3v) is 8.09. The molecule has 3 saturated heterocycles. The van der Waals surface area contributed by atoms with Crippen molar-refractivity contribution in [2.75, 3.05) is 42.5 Å². The van der Waals surface area contributed by atoms with Crippen LogP contribution in [-0.2, 0) is 4.79 Å². The number of piperidine rings is 1. The molecule has 1 aromatic heterocycles. The largest absolute Gasteiger partial charge is 0.393 e. The fourth-order valence-electron chi connectivity index (χ4n) is 6.06. The standard InChI is InChI=1S/C23H33ClN4O2/c24-20-14-18(26-10-1-2-11-26)15-25-21(20)27-12-3-8-23(16-27)9-13-28(22(23)30)17-4-6-19(29)7-5-17/h14-15,17,19,29H,1-13,16H2/t17?,19?,23-/m0/s1. The average molecular weight is 433 g/mol. The van der Waals surface area contributed by atoms with Crippen LogP contribution in [0.25, 0.3) is 0 Å². The molecule has 4 fully saturated rings. The number of amides is 1. The molecule has 30 heavy (non-hydrogen) atoms. The monoisotopic (exact) mass is 432 g/mol. The second-order valence-electron chi connectivity index (χ2n) is 9.71. The lowest BCUT2D eigenvalue weighted by Gasteiger charge is -2.41. The lowest BCUT2D eigenvalue weighted by molar-refractivity contribution is -0.139. The topological polar surface area (TPSA) is 59.9 Å². The number of hydrogen-bond acceptors (Lipinski definition) is 5. The molecule has 1 atom stereocenters. The van der Waals surface area contributed by atoms with Gasteiger partial charge in [0.05, 0.1) is 28.4 Å². The predicted octanol–water partition coefficient (Wildman–Crippen LogP) is 3.46. The fraction of sp³-hybridized carbons (Fsp3) is 0.739. The van der Waals surface area contributed by atoms with Crippen LogP contribution in [-0.4, -0.2) is 65.8 Å². The zero-order valence-corrected chi connectivity index (χ0v) is 18.5. The van der Waals surface area contributed by atoms with E-state index in [4.69, 9.17) is 16.6 Å². The van der Waals surface area contributed by atoms with E-state index < -0.39 is 0 Å². The van der Waals surface area contributed by atoms with Crippen molar-refractivity contribution in [3.8, 4) is 0 Å². The number of hydrogen-bond donors (Lipinski definition) is 1. The van der Waals surface area contributed by atoms with Crippen molar-refractivity contribution in [1.82, 2.24) is 9.88 Å². The highest BCUT2D eigenvalue weighted by Crippen LogP contribution is 2.44. The van der Waals surface area contributed by atoms with Crippen molar-refractivity contribution in [2.24, 2.45) is 5.41 Å². The molecule has 5 rings (SSSR count). The molecule has 1 spiro atoms. The smallest absolute Gasteiger partial charge is 0.230 e. The number of carbonyl (C=O) groups excluding carboxylic acids is 1. The van der Waals surface area contributed by atoms with E-state index >= 15 is 0 Å². The lowest BCUT2D eigenvalue weighted by atomic mass is 9.78. The van der Waals surface area contributed by atoms with Gasteiger partial charge in [-0.3, -0.25) is 4.79 Å². The number of aliphatic hydroxyl groups excluding tert-OH is 1. The summed E-state index contributed by atoms with van der Waals surface area (Å²) in [6.07, 6.45) is 10.6. The van der Waals surface area contributed by atoms with Gasteiger partial charge in [-0.1, -0.05) is 11.6 Å². The van der Waals surface area contributed by atoms with Crippen LogP contribution >= 0.6 is 11.6 Å². The second-order valence-corrected chi connectivity index (χ2v) is 10.1. The van der Waals surface area contributed by atoms with Crippen LogP contribution in [0.3, 0.4) is 0 Å². The Kier molecular flexibility index (Phi) is 5.56. The van der Waals surface area contributed by atoms with Gasteiger partial charge in [-0.2, -0.15) is 0 Å². The number of aliphatic hydroxyl groups is 1. The molecule has 6 nitrogen and oxygen atoms in total. The highest BCUT2D eigenvalue weighted by Gasteiger charge is 2.51. The van der Waals surface area contributed by atoms with Crippen LogP contribution in [0.15, 0.2) is 12.3 Å². The first-order chi connectivity index (χ1) is 14.6. The van der Waals surface area contributed by atoms with Gasteiger partial charge < -0.3 is 19.8 Å². The Labute approximate surface area is 184 Å². The number of pyridine rings is 1. The van der Waals surface area contributed by atoms with E-state index in [0.717, 1.165) is 82.6 Å². The van der Waals surface area contributed by atoms with Crippen molar-refractivity contribution in [2.45, 2.75) is 69.9 Å². The maximum absolute atomic E-state index is 13.5. The van der Waals surface area contributed by atoms with Gasteiger partial charge in [0.1, 0.15) is 5.82 Å². The number of rotatable bonds is 3. The van der Waals surface area contributed by atoms with Gasteiger partial charge >= 0.3 is 0 Å². The van der Waals surface area contributed by atoms with Gasteiger partial charge in [0, 0.05) is 38.8 Å². The summed E-state index contributed by atoms with van der Waals surface area (Å²) in [7, 11) is 0. The summed E-state index contributed by atoms with van der Waals surface area (Å²) < 4.78 is 0. The summed E-state index contributed by atoms with van der Waals surface area (Å²) >= 11 is 6.69. The lowest BCUT2D eigenvalue weighted by Crippen LogP contribution is -2.50. The summed E-state index contributed by atoms with van der Waals surface area (Å²) in [6, 6.07) is 2.35. The maximum Gasteiger partial charge on any atom is 0.230 e. The highest BCUT2D eigenvalue weighted by molar-refractivity contribution is 6.33. The number of nitrogens with zero attached hydrogens (tertiary/aromatic N) is 4. The molecule has 0 aromatic carbocycles. The van der Waals surface area contributed by atoms with Crippen LogP contribution in [0.4, 0.5) is 11.5 Å². The zero-order chi connectivity index (χ0) is 20.7. The Morgan fingerprint density at radius 3 is 2.47 bits per heavy atom. The fourth-order valence-corrected chi connectivity index (χ4v) is 6.34. The third-order valence-electron chi connectivity index (χ3n) is 7.81. The van der Waals surface area contributed by atoms with Gasteiger partial charge in [0.15, 0.2) is 0 Å². The zero-order valence-electron chi connectivity index (χ0n) is 17.7. The van der Waals surface area contributed by atoms with E-state index in [1.807, 2.05) is 12.3 Å². The SMILES string of the molecule is O=C1N(C2CCC(O)CC2)CC[C@]12CCCN(c1ncc(N3CCCC3)cc1Cl)C2. The molecule has 0 bridgehead atoms. The summed E-state index contributed by atoms with van der Waals surface area (Å²) in [4.78, 5) is 25.0. The Morgan fingerprint density at radius 2 is 1.73 bits per heavy atom. The summed E-state index contributed by atoms with van der Waals surface area (Å²) in [5.41, 5.74) is 0.808. The molecule has 1 aliphatic carbocycles. The number of halogens is 1. The molecule has 1 saturated carbocycles. The highest BCUT2D eigenvalue weighted by atomic mass is 35.5. The summed E-state index contributed by atoms with van der Waals surface area (Å²) in [6.45, 7) is 4.62. The molecular weight excluding hydrogens is 400 g/mol. The van der Waals surface area contributed by atoms with E-state index in [9.17, 15) is 9.90 Å². The molecule has 4 aliphatic rings. The Bertz CT molecular complexity index is 791. The molecule has 164 valence electrons. The van der Waals surface area contributed by atoms with Gasteiger partial charge in [-0.05, 0) is 63.9 Å². The van der Waals surface area contributed by atoms with Crippen molar-refractivity contribution in [1.29, 1.82) is 0 Å². The van der Waals surface area contributed by atoms with Gasteiger partial charge in [-0.25, -0.2) is 4.98 Å². The minimum atomic E-state index is -0.299. The van der Waals surface area contributed by atoms with E-state index in [2.05, 4.69) is 14.7 Å². The van der Waals surface area contributed by atoms with E-state index in [1.54, 1.807) is 0 Å². The number of anilines is 2. The van der Waals surface area contributed by atoms with Crippen LogP contribution in [0.2, 0.25) is 5.02 Å². The van der Waals surface area contributed by atoms with E-state index in [-0.39, 0.29) is 11.5 Å². The quantitative estimate of drug-likeness (QED) is 0.792. The molecule has 1 aromatic rings. The van der Waals surface area contributed by atoms with Gasteiger partial charge in [-0.15, -0.1) is 0 Å². The average Bonchev–Trinajstić information content (AvgIpc) is 3.39. The second kappa shape index (κ2) is 8.19. The molecule has 3 aliphatic heterocycles. The van der Waals surface area contributed by atoms with Crippen molar-refractivity contribution in [3.63, 3.8) is 0 Å². The maximum atomic E-state index is 13.5. The van der Waals surface area contributed by atoms with Gasteiger partial charge in [0.25, 0.3) is 0 Å². The normalized spacial score (nSPS) is 32.5. The van der Waals surface area contributed by atoms with Crippen molar-refractivity contribution in [3.05, 3.63) is 17.3 Å². The predicted molar refractivity (Wildman–Crippen MR) is 119 cm³/mol. The molecular formula is C23H33ClN4O2. The van der Waals surface area contributed by atoms with Crippen LogP contribution in [0, 0.1) is 5.41 Å². The first-order valence-corrected chi connectivity index (χ1v) is 12.1. The Morgan fingerprint density at radius 1 is 1.00 bits per heavy atom. The number of aromatic nitrogens is 1.